The Morgan fingerprint density at radius 1 is 1.48 bits per heavy atom. The number of benzene rings is 1. The van der Waals surface area contributed by atoms with Crippen molar-refractivity contribution in [2.24, 2.45) is 5.41 Å². The minimum atomic E-state index is -0.238. The highest BCUT2D eigenvalue weighted by molar-refractivity contribution is 6.30. The molecule has 0 radical (unpaired) electrons. The number of amides is 1. The zero-order valence-electron chi connectivity index (χ0n) is 12.5. The standard InChI is InChI=1S/C17H22ClNO2/c1-21-12-17(7-3-8-17)16(20)19-9-6-14(11-19)13-4-2-5-15(18)10-13/h2,4-5,10,14H,3,6-9,11-12H2,1H3/t14-/m1/s1. The average molecular weight is 308 g/mol. The van der Waals surface area contributed by atoms with Gasteiger partial charge in [0.25, 0.3) is 0 Å². The van der Waals surface area contributed by atoms with Crippen LogP contribution in [0.15, 0.2) is 24.3 Å². The number of hydrogen-bond donors (Lipinski definition) is 0. The Balaban J connectivity index is 1.68. The third-order valence-electron chi connectivity index (χ3n) is 4.98. The molecule has 1 aliphatic carbocycles. The van der Waals surface area contributed by atoms with Gasteiger partial charge in [0.1, 0.15) is 0 Å². The third kappa shape index (κ3) is 2.82. The molecule has 3 nitrogen and oxygen atoms in total. The lowest BCUT2D eigenvalue weighted by Crippen LogP contribution is -2.49. The molecule has 1 aromatic carbocycles. The Hall–Kier alpha value is -1.06. The minimum absolute atomic E-state index is 0.238. The van der Waals surface area contributed by atoms with E-state index in [2.05, 4.69) is 6.07 Å². The summed E-state index contributed by atoms with van der Waals surface area (Å²) in [6, 6.07) is 8.01. The normalized spacial score (nSPS) is 23.9. The van der Waals surface area contributed by atoms with Crippen molar-refractivity contribution >= 4 is 17.5 Å². The highest BCUT2D eigenvalue weighted by atomic mass is 35.5. The van der Waals surface area contributed by atoms with E-state index in [-0.39, 0.29) is 5.41 Å². The lowest BCUT2D eigenvalue weighted by atomic mass is 9.68. The van der Waals surface area contributed by atoms with Crippen LogP contribution in [0.2, 0.25) is 5.02 Å². The number of methoxy groups -OCH3 is 1. The number of rotatable bonds is 4. The van der Waals surface area contributed by atoms with Gasteiger partial charge in [0.05, 0.1) is 12.0 Å². The fourth-order valence-corrected chi connectivity index (χ4v) is 3.81. The van der Waals surface area contributed by atoms with Crippen LogP contribution in [0.3, 0.4) is 0 Å². The first-order valence-electron chi connectivity index (χ1n) is 7.68. The van der Waals surface area contributed by atoms with Crippen LogP contribution in [0.4, 0.5) is 0 Å². The summed E-state index contributed by atoms with van der Waals surface area (Å²) in [6.45, 7) is 2.22. The van der Waals surface area contributed by atoms with Gasteiger partial charge in [0.2, 0.25) is 5.91 Å². The molecule has 3 rings (SSSR count). The lowest BCUT2D eigenvalue weighted by molar-refractivity contribution is -0.151. The summed E-state index contributed by atoms with van der Waals surface area (Å²) < 4.78 is 5.29. The average Bonchev–Trinajstić information content (AvgIpc) is 2.92. The molecule has 1 aliphatic heterocycles. The molecule has 0 spiro atoms. The van der Waals surface area contributed by atoms with E-state index in [1.165, 1.54) is 5.56 Å². The highest BCUT2D eigenvalue weighted by Crippen LogP contribution is 2.44. The maximum Gasteiger partial charge on any atom is 0.231 e. The second-order valence-electron chi connectivity index (χ2n) is 6.36. The topological polar surface area (TPSA) is 29.5 Å². The lowest BCUT2D eigenvalue weighted by Gasteiger charge is -2.42. The Kier molecular flexibility index (Phi) is 4.23. The van der Waals surface area contributed by atoms with Gasteiger partial charge < -0.3 is 9.64 Å². The number of halogens is 1. The SMILES string of the molecule is COCC1(C(=O)N2CC[C@@H](c3cccc(Cl)c3)C2)CCC1. The summed E-state index contributed by atoms with van der Waals surface area (Å²) in [5.74, 6) is 0.701. The summed E-state index contributed by atoms with van der Waals surface area (Å²) in [6.07, 6.45) is 4.10. The molecule has 0 bridgehead atoms. The molecular formula is C17H22ClNO2. The monoisotopic (exact) mass is 307 g/mol. The van der Waals surface area contributed by atoms with Crippen LogP contribution in [0.25, 0.3) is 0 Å². The van der Waals surface area contributed by atoms with Crippen molar-refractivity contribution in [1.29, 1.82) is 0 Å². The van der Waals surface area contributed by atoms with Gasteiger partial charge in [-0.15, -0.1) is 0 Å². The molecular weight excluding hydrogens is 286 g/mol. The third-order valence-corrected chi connectivity index (χ3v) is 5.22. The maximum atomic E-state index is 12.8. The molecule has 0 unspecified atom stereocenters. The largest absolute Gasteiger partial charge is 0.384 e. The number of carbonyl (C=O) groups is 1. The van der Waals surface area contributed by atoms with Gasteiger partial charge in [-0.2, -0.15) is 0 Å². The molecule has 1 aromatic rings. The fourth-order valence-electron chi connectivity index (χ4n) is 3.61. The fraction of sp³-hybridized carbons (Fsp3) is 0.588. The maximum absolute atomic E-state index is 12.8. The predicted octanol–water partition coefficient (Wildman–Crippen LogP) is 3.47. The van der Waals surface area contributed by atoms with Crippen LogP contribution in [0.5, 0.6) is 0 Å². The van der Waals surface area contributed by atoms with E-state index in [1.807, 2.05) is 23.1 Å². The number of ether oxygens (including phenoxy) is 1. The van der Waals surface area contributed by atoms with Gasteiger partial charge in [0.15, 0.2) is 0 Å². The number of carbonyl (C=O) groups excluding carboxylic acids is 1. The molecule has 21 heavy (non-hydrogen) atoms. The van der Waals surface area contributed by atoms with E-state index in [0.29, 0.717) is 18.4 Å². The van der Waals surface area contributed by atoms with Crippen molar-refractivity contribution in [1.82, 2.24) is 4.90 Å². The molecule has 4 heteroatoms. The van der Waals surface area contributed by atoms with E-state index in [4.69, 9.17) is 16.3 Å². The van der Waals surface area contributed by atoms with Crippen molar-refractivity contribution in [2.75, 3.05) is 26.8 Å². The first-order valence-corrected chi connectivity index (χ1v) is 8.06. The first kappa shape index (κ1) is 14.9. The summed E-state index contributed by atoms with van der Waals surface area (Å²) in [5.41, 5.74) is 1.00. The molecule has 2 fully saturated rings. The van der Waals surface area contributed by atoms with E-state index >= 15 is 0 Å². The summed E-state index contributed by atoms with van der Waals surface area (Å²) in [5, 5.41) is 0.770. The van der Waals surface area contributed by atoms with Gasteiger partial charge in [-0.1, -0.05) is 30.2 Å². The molecule has 0 N–H and O–H groups in total. The molecule has 1 atom stereocenters. The number of hydrogen-bond acceptors (Lipinski definition) is 2. The van der Waals surface area contributed by atoms with Crippen molar-refractivity contribution in [3.8, 4) is 0 Å². The van der Waals surface area contributed by atoms with Gasteiger partial charge >= 0.3 is 0 Å². The van der Waals surface area contributed by atoms with E-state index in [1.54, 1.807) is 7.11 Å². The van der Waals surface area contributed by atoms with Crippen LogP contribution in [0.1, 0.15) is 37.2 Å². The van der Waals surface area contributed by atoms with Crippen molar-refractivity contribution in [2.45, 2.75) is 31.6 Å². The summed E-state index contributed by atoms with van der Waals surface area (Å²) in [7, 11) is 1.69. The van der Waals surface area contributed by atoms with Crippen LogP contribution >= 0.6 is 11.6 Å². The smallest absolute Gasteiger partial charge is 0.231 e. The molecule has 2 aliphatic rings. The van der Waals surface area contributed by atoms with Crippen LogP contribution in [-0.2, 0) is 9.53 Å². The Morgan fingerprint density at radius 2 is 2.29 bits per heavy atom. The van der Waals surface area contributed by atoms with Crippen molar-refractivity contribution < 1.29 is 9.53 Å². The zero-order valence-corrected chi connectivity index (χ0v) is 13.2. The van der Waals surface area contributed by atoms with Crippen molar-refractivity contribution in [3.05, 3.63) is 34.9 Å². The molecule has 1 saturated carbocycles. The molecule has 0 aromatic heterocycles. The van der Waals surface area contributed by atoms with Gasteiger partial charge in [-0.25, -0.2) is 0 Å². The minimum Gasteiger partial charge on any atom is -0.384 e. The van der Waals surface area contributed by atoms with Crippen LogP contribution in [0, 0.1) is 5.41 Å². The van der Waals surface area contributed by atoms with E-state index in [9.17, 15) is 4.79 Å². The zero-order chi connectivity index (χ0) is 14.9. The molecule has 1 amide bonds. The molecule has 1 heterocycles. The van der Waals surface area contributed by atoms with E-state index < -0.39 is 0 Å². The quantitative estimate of drug-likeness (QED) is 0.852. The van der Waals surface area contributed by atoms with Crippen LogP contribution < -0.4 is 0 Å². The van der Waals surface area contributed by atoms with Crippen LogP contribution in [-0.4, -0.2) is 37.6 Å². The Labute approximate surface area is 131 Å². The second-order valence-corrected chi connectivity index (χ2v) is 6.80. The number of likely N-dealkylation sites (tertiary alicyclic amines) is 1. The summed E-state index contributed by atoms with van der Waals surface area (Å²) >= 11 is 6.07. The molecule has 114 valence electrons. The van der Waals surface area contributed by atoms with Gasteiger partial charge in [0, 0.05) is 31.1 Å². The molecule has 1 saturated heterocycles. The van der Waals surface area contributed by atoms with Gasteiger partial charge in [-0.05, 0) is 37.0 Å². The van der Waals surface area contributed by atoms with E-state index in [0.717, 1.165) is 43.8 Å². The summed E-state index contributed by atoms with van der Waals surface area (Å²) in [4.78, 5) is 14.8. The van der Waals surface area contributed by atoms with Gasteiger partial charge in [-0.3, -0.25) is 4.79 Å². The Morgan fingerprint density at radius 3 is 2.90 bits per heavy atom. The number of nitrogens with zero attached hydrogens (tertiary/aromatic N) is 1. The predicted molar refractivity (Wildman–Crippen MR) is 83.6 cm³/mol. The first-order chi connectivity index (χ1) is 10.1. The second kappa shape index (κ2) is 5.98. The Bertz CT molecular complexity index is 527. The van der Waals surface area contributed by atoms with Crippen molar-refractivity contribution in [3.63, 3.8) is 0 Å². The highest BCUT2D eigenvalue weighted by Gasteiger charge is 2.47.